The molecular formula is C6H12N4O2S2. The minimum Gasteiger partial charge on any atom is -0.376 e. The topological polar surface area (TPSA) is 88.1 Å². The van der Waals surface area contributed by atoms with Gasteiger partial charge in [0.25, 0.3) is 9.26 Å². The highest BCUT2D eigenvalue weighted by atomic mass is 32.9. The molecule has 0 aliphatic carbocycles. The van der Waals surface area contributed by atoms with E-state index in [1.165, 1.54) is 0 Å². The molecule has 0 aromatic rings. The molecule has 0 saturated carbocycles. The van der Waals surface area contributed by atoms with E-state index in [0.717, 1.165) is 0 Å². The first-order valence-corrected chi connectivity index (χ1v) is 6.93. The molecule has 80 valence electrons. The Morgan fingerprint density at radius 3 is 2.36 bits per heavy atom. The number of amidine groups is 2. The lowest BCUT2D eigenvalue weighted by Gasteiger charge is -2.19. The fraction of sp³-hybridized carbons (Fsp3) is 0.667. The van der Waals surface area contributed by atoms with Crippen molar-refractivity contribution >= 4 is 29.1 Å². The summed E-state index contributed by atoms with van der Waals surface area (Å²) in [5.41, 5.74) is 5.45. The van der Waals surface area contributed by atoms with Crippen molar-refractivity contribution in [2.24, 2.45) is 15.9 Å². The van der Waals surface area contributed by atoms with Crippen molar-refractivity contribution in [1.29, 1.82) is 0 Å². The quantitative estimate of drug-likeness (QED) is 0.689. The van der Waals surface area contributed by atoms with Crippen LogP contribution in [0.5, 0.6) is 0 Å². The summed E-state index contributed by atoms with van der Waals surface area (Å²) in [7, 11) is -3.45. The molecule has 6 nitrogen and oxygen atoms in total. The lowest BCUT2D eigenvalue weighted by atomic mass is 10.6. The van der Waals surface area contributed by atoms with Crippen molar-refractivity contribution in [1.82, 2.24) is 4.90 Å². The molecular weight excluding hydrogens is 224 g/mol. The minimum absolute atomic E-state index is 0.0697. The molecule has 2 N–H and O–H groups in total. The summed E-state index contributed by atoms with van der Waals surface area (Å²) in [5.74, 6) is 0. The van der Waals surface area contributed by atoms with Crippen LogP contribution in [0.3, 0.4) is 0 Å². The highest BCUT2D eigenvalue weighted by Crippen LogP contribution is 2.06. The second-order valence-electron chi connectivity index (χ2n) is 2.47. The summed E-state index contributed by atoms with van der Waals surface area (Å²) >= 11 is 0. The molecule has 0 amide bonds. The Hall–Kier alpha value is -0.890. The molecule has 1 heterocycles. The smallest absolute Gasteiger partial charge is 0.255 e. The molecule has 1 atom stereocenters. The average Bonchev–Trinajstić information content (AvgIpc) is 2.50. The van der Waals surface area contributed by atoms with Crippen LogP contribution in [0, 0.1) is 0 Å². The third-order valence-corrected chi connectivity index (χ3v) is 4.94. The first-order chi connectivity index (χ1) is 6.61. The Bertz CT molecular complexity index is 411. The van der Waals surface area contributed by atoms with Gasteiger partial charge in [0.15, 0.2) is 5.17 Å². The van der Waals surface area contributed by atoms with Gasteiger partial charge < -0.3 is 10.6 Å². The lowest BCUT2D eigenvalue weighted by molar-refractivity contribution is 0.474. The van der Waals surface area contributed by atoms with Gasteiger partial charge in [0, 0.05) is 13.1 Å². The Balaban J connectivity index is 3.13. The van der Waals surface area contributed by atoms with E-state index < -0.39 is 18.7 Å². The van der Waals surface area contributed by atoms with Crippen LogP contribution in [0.1, 0.15) is 13.8 Å². The molecule has 1 rings (SSSR count). The van der Waals surface area contributed by atoms with Crippen LogP contribution < -0.4 is 5.73 Å². The highest BCUT2D eigenvalue weighted by Gasteiger charge is 2.23. The maximum Gasteiger partial charge on any atom is 0.255 e. The van der Waals surface area contributed by atoms with E-state index >= 15 is 0 Å². The van der Waals surface area contributed by atoms with Crippen molar-refractivity contribution in [3.8, 4) is 0 Å². The van der Waals surface area contributed by atoms with Crippen molar-refractivity contribution in [2.75, 3.05) is 13.1 Å². The summed E-state index contributed by atoms with van der Waals surface area (Å²) in [6.07, 6.45) is 0. The van der Waals surface area contributed by atoms with E-state index in [0.29, 0.717) is 18.3 Å². The predicted molar refractivity (Wildman–Crippen MR) is 58.3 cm³/mol. The first-order valence-electron chi connectivity index (χ1n) is 4.11. The monoisotopic (exact) mass is 236 g/mol. The van der Waals surface area contributed by atoms with Crippen LogP contribution in [0.25, 0.3) is 0 Å². The summed E-state index contributed by atoms with van der Waals surface area (Å²) in [4.78, 5) is 1.84. The van der Waals surface area contributed by atoms with Crippen LogP contribution >= 0.6 is 0 Å². The first kappa shape index (κ1) is 11.2. The summed E-state index contributed by atoms with van der Waals surface area (Å²) in [5, 5.41) is 7.90. The van der Waals surface area contributed by atoms with E-state index in [-0.39, 0.29) is 5.17 Å². The van der Waals surface area contributed by atoms with E-state index in [4.69, 9.17) is 5.73 Å². The molecule has 1 unspecified atom stereocenters. The van der Waals surface area contributed by atoms with Gasteiger partial charge in [-0.15, -0.1) is 10.2 Å². The SMILES string of the molecule is CCN(CC)C1=NN=C(N)S1=S(=O)=O. The largest absolute Gasteiger partial charge is 0.376 e. The number of nitrogens with zero attached hydrogens (tertiary/aromatic N) is 3. The van der Waals surface area contributed by atoms with Gasteiger partial charge in [0.2, 0.25) is 5.17 Å². The zero-order chi connectivity index (χ0) is 10.7. The summed E-state index contributed by atoms with van der Waals surface area (Å²) < 4.78 is 21.8. The Kier molecular flexibility index (Phi) is 3.64. The summed E-state index contributed by atoms with van der Waals surface area (Å²) in [6.45, 7) is 5.24. The molecule has 0 fully saturated rings. The second kappa shape index (κ2) is 4.56. The molecule has 0 aromatic carbocycles. The van der Waals surface area contributed by atoms with Crippen LogP contribution in [0.15, 0.2) is 10.2 Å². The molecule has 1 aliphatic rings. The van der Waals surface area contributed by atoms with E-state index in [1.807, 2.05) is 18.7 Å². The third-order valence-electron chi connectivity index (χ3n) is 1.76. The van der Waals surface area contributed by atoms with E-state index in [9.17, 15) is 8.42 Å². The molecule has 0 aromatic heterocycles. The highest BCUT2D eigenvalue weighted by molar-refractivity contribution is 8.49. The van der Waals surface area contributed by atoms with Crippen molar-refractivity contribution in [2.45, 2.75) is 13.8 Å². The lowest BCUT2D eigenvalue weighted by Crippen LogP contribution is -2.35. The number of nitrogens with two attached hydrogens (primary N) is 1. The van der Waals surface area contributed by atoms with Crippen LogP contribution in [0.2, 0.25) is 0 Å². The van der Waals surface area contributed by atoms with E-state index in [1.54, 1.807) is 0 Å². The third kappa shape index (κ3) is 1.95. The number of hydrogen-bond acceptors (Lipinski definition) is 6. The van der Waals surface area contributed by atoms with Crippen LogP contribution in [0.4, 0.5) is 0 Å². The fourth-order valence-corrected chi connectivity index (χ4v) is 3.54. The van der Waals surface area contributed by atoms with Gasteiger partial charge in [-0.05, 0) is 13.8 Å². The molecule has 8 heteroatoms. The Morgan fingerprint density at radius 1 is 1.36 bits per heavy atom. The maximum atomic E-state index is 10.9. The van der Waals surface area contributed by atoms with E-state index in [2.05, 4.69) is 10.2 Å². The summed E-state index contributed by atoms with van der Waals surface area (Å²) in [6, 6.07) is 0. The Labute approximate surface area is 85.6 Å². The average molecular weight is 236 g/mol. The van der Waals surface area contributed by atoms with Crippen molar-refractivity contribution < 1.29 is 8.42 Å². The van der Waals surface area contributed by atoms with Gasteiger partial charge in [0.1, 0.15) is 0 Å². The molecule has 1 aliphatic heterocycles. The fourth-order valence-electron chi connectivity index (χ4n) is 1.06. The van der Waals surface area contributed by atoms with Gasteiger partial charge >= 0.3 is 0 Å². The normalized spacial score (nSPS) is 20.3. The zero-order valence-corrected chi connectivity index (χ0v) is 9.60. The van der Waals surface area contributed by atoms with Gasteiger partial charge in [-0.1, -0.05) is 0 Å². The van der Waals surface area contributed by atoms with Gasteiger partial charge in [-0.3, -0.25) is 0 Å². The van der Waals surface area contributed by atoms with Gasteiger partial charge in [-0.25, -0.2) is 0 Å². The molecule has 0 bridgehead atoms. The van der Waals surface area contributed by atoms with Crippen molar-refractivity contribution in [3.63, 3.8) is 0 Å². The molecule has 0 saturated heterocycles. The molecule has 0 spiro atoms. The van der Waals surface area contributed by atoms with Crippen molar-refractivity contribution in [3.05, 3.63) is 0 Å². The molecule has 14 heavy (non-hydrogen) atoms. The van der Waals surface area contributed by atoms with Gasteiger partial charge in [-0.2, -0.15) is 8.42 Å². The van der Waals surface area contributed by atoms with Crippen LogP contribution in [-0.4, -0.2) is 36.7 Å². The standard InChI is InChI=1S/C6H12N4O2S2/c1-3-10(4-2)6-9-8-5(7)13(6)14(11)12/h3-4H2,1-2H3,(H2,7,8). The van der Waals surface area contributed by atoms with Gasteiger partial charge in [0.05, 0.1) is 9.45 Å². The van der Waals surface area contributed by atoms with Crippen LogP contribution in [-0.2, 0) is 18.7 Å². The minimum atomic E-state index is -2.28. The number of rotatable bonds is 2. The zero-order valence-electron chi connectivity index (χ0n) is 7.97. The predicted octanol–water partition coefficient (Wildman–Crippen LogP) is -0.660. The maximum absolute atomic E-state index is 10.9. The Morgan fingerprint density at radius 2 is 1.93 bits per heavy atom. The number of hydrogen-bond donors (Lipinski definition) is 1. The second-order valence-corrected chi connectivity index (χ2v) is 6.01. The molecule has 0 radical (unpaired) electrons.